The summed E-state index contributed by atoms with van der Waals surface area (Å²) >= 11 is 0. The first-order chi connectivity index (χ1) is 6.63. The Hall–Kier alpha value is -1.36. The number of aryl methyl sites for hydroxylation is 1. The molecule has 0 saturated carbocycles. The molecule has 0 aliphatic carbocycles. The Bertz CT molecular complexity index is 308. The zero-order chi connectivity index (χ0) is 10.6. The van der Waals surface area contributed by atoms with Gasteiger partial charge in [-0.1, -0.05) is 6.92 Å². The average molecular weight is 196 g/mol. The van der Waals surface area contributed by atoms with Gasteiger partial charge in [-0.15, -0.1) is 0 Å². The highest BCUT2D eigenvalue weighted by Crippen LogP contribution is 1.96. The molecule has 0 aromatic carbocycles. The average Bonchev–Trinajstić information content (AvgIpc) is 2.52. The van der Waals surface area contributed by atoms with E-state index < -0.39 is 0 Å². The van der Waals surface area contributed by atoms with Crippen molar-refractivity contribution < 1.29 is 4.79 Å². The maximum atomic E-state index is 10.9. The van der Waals surface area contributed by atoms with Crippen molar-refractivity contribution in [2.24, 2.45) is 12.8 Å². The second kappa shape index (κ2) is 4.76. The Balaban J connectivity index is 2.43. The second-order valence-electron chi connectivity index (χ2n) is 3.22. The lowest BCUT2D eigenvalue weighted by Crippen LogP contribution is -2.40. The van der Waals surface area contributed by atoms with Crippen molar-refractivity contribution in [3.05, 3.63) is 18.0 Å². The minimum absolute atomic E-state index is 0.267. The summed E-state index contributed by atoms with van der Waals surface area (Å²) in [4.78, 5) is 10.9. The van der Waals surface area contributed by atoms with Gasteiger partial charge in [0.05, 0.1) is 11.7 Å². The van der Waals surface area contributed by atoms with Gasteiger partial charge in [0, 0.05) is 19.8 Å². The number of carbonyl (C=O) groups excluding carboxylic acids is 1. The number of primary amides is 1. The number of carbonyl (C=O) groups is 1. The van der Waals surface area contributed by atoms with Gasteiger partial charge in [-0.3, -0.25) is 9.48 Å². The third-order valence-corrected chi connectivity index (χ3v) is 2.05. The molecule has 5 nitrogen and oxygen atoms in total. The molecule has 1 amide bonds. The first-order valence-corrected chi connectivity index (χ1v) is 4.64. The number of nitrogens with zero attached hydrogens (tertiary/aromatic N) is 2. The molecule has 5 heteroatoms. The minimum Gasteiger partial charge on any atom is -0.368 e. The van der Waals surface area contributed by atoms with Gasteiger partial charge in [0.1, 0.15) is 0 Å². The molecule has 0 fully saturated rings. The van der Waals surface area contributed by atoms with Gasteiger partial charge in [0.25, 0.3) is 0 Å². The Kier molecular flexibility index (Phi) is 3.64. The van der Waals surface area contributed by atoms with Crippen LogP contribution in [0.4, 0.5) is 0 Å². The fourth-order valence-electron chi connectivity index (χ4n) is 1.23. The molecule has 0 radical (unpaired) electrons. The van der Waals surface area contributed by atoms with E-state index in [4.69, 9.17) is 5.73 Å². The van der Waals surface area contributed by atoms with E-state index in [0.29, 0.717) is 13.0 Å². The highest BCUT2D eigenvalue weighted by Gasteiger charge is 2.11. The highest BCUT2D eigenvalue weighted by molar-refractivity contribution is 5.79. The van der Waals surface area contributed by atoms with Crippen LogP contribution < -0.4 is 11.1 Å². The molecule has 1 aromatic heterocycles. The van der Waals surface area contributed by atoms with Gasteiger partial charge in [-0.25, -0.2) is 0 Å². The molecule has 1 rings (SSSR count). The molecule has 1 atom stereocenters. The van der Waals surface area contributed by atoms with Gasteiger partial charge in [0.2, 0.25) is 5.91 Å². The molecule has 0 saturated heterocycles. The number of nitrogens with one attached hydrogen (secondary N) is 1. The third kappa shape index (κ3) is 2.85. The molecule has 0 spiro atoms. The molecular weight excluding hydrogens is 180 g/mol. The van der Waals surface area contributed by atoms with Crippen LogP contribution in [0, 0.1) is 0 Å². The summed E-state index contributed by atoms with van der Waals surface area (Å²) in [6.45, 7) is 2.49. The molecule has 0 bridgehead atoms. The monoisotopic (exact) mass is 196 g/mol. The third-order valence-electron chi connectivity index (χ3n) is 2.05. The van der Waals surface area contributed by atoms with Crippen LogP contribution in [0.1, 0.15) is 19.0 Å². The van der Waals surface area contributed by atoms with Crippen LogP contribution in [0.2, 0.25) is 0 Å². The predicted octanol–water partition coefficient (Wildman–Crippen LogP) is -0.226. The Morgan fingerprint density at radius 2 is 2.50 bits per heavy atom. The summed E-state index contributed by atoms with van der Waals surface area (Å²) in [5.74, 6) is -0.316. The van der Waals surface area contributed by atoms with Gasteiger partial charge in [-0.05, 0) is 12.5 Å². The smallest absolute Gasteiger partial charge is 0.234 e. The van der Waals surface area contributed by atoms with E-state index in [1.54, 1.807) is 4.68 Å². The second-order valence-corrected chi connectivity index (χ2v) is 3.22. The molecule has 0 aliphatic rings. The van der Waals surface area contributed by atoms with Crippen molar-refractivity contribution >= 4 is 5.91 Å². The van der Waals surface area contributed by atoms with E-state index in [9.17, 15) is 4.79 Å². The molecule has 14 heavy (non-hydrogen) atoms. The first kappa shape index (κ1) is 10.7. The van der Waals surface area contributed by atoms with Crippen LogP contribution in [0.15, 0.2) is 12.3 Å². The van der Waals surface area contributed by atoms with Crippen LogP contribution in [-0.2, 0) is 18.4 Å². The molecule has 1 heterocycles. The standard InChI is InChI=1S/C9H16N4O/c1-3-8(9(10)14)11-6-7-4-5-13(2)12-7/h4-5,8,11H,3,6H2,1-2H3,(H2,10,14). The lowest BCUT2D eigenvalue weighted by Gasteiger charge is -2.11. The van der Waals surface area contributed by atoms with Crippen molar-refractivity contribution in [1.82, 2.24) is 15.1 Å². The minimum atomic E-state index is -0.316. The highest BCUT2D eigenvalue weighted by atomic mass is 16.1. The predicted molar refractivity (Wildman–Crippen MR) is 53.3 cm³/mol. The van der Waals surface area contributed by atoms with Gasteiger partial charge in [0.15, 0.2) is 0 Å². The van der Waals surface area contributed by atoms with E-state index in [1.807, 2.05) is 26.2 Å². The van der Waals surface area contributed by atoms with E-state index >= 15 is 0 Å². The Labute approximate surface area is 83.3 Å². The van der Waals surface area contributed by atoms with E-state index in [2.05, 4.69) is 10.4 Å². The first-order valence-electron chi connectivity index (χ1n) is 4.64. The summed E-state index contributed by atoms with van der Waals surface area (Å²) in [5, 5.41) is 7.23. The molecule has 1 unspecified atom stereocenters. The van der Waals surface area contributed by atoms with Crippen LogP contribution in [0.5, 0.6) is 0 Å². The van der Waals surface area contributed by atoms with Gasteiger partial charge in [-0.2, -0.15) is 5.10 Å². The Morgan fingerprint density at radius 1 is 1.79 bits per heavy atom. The molecule has 0 aliphatic heterocycles. The number of amides is 1. The number of nitrogens with two attached hydrogens (primary N) is 1. The van der Waals surface area contributed by atoms with Gasteiger partial charge < -0.3 is 11.1 Å². The van der Waals surface area contributed by atoms with Gasteiger partial charge >= 0.3 is 0 Å². The van der Waals surface area contributed by atoms with E-state index in [1.165, 1.54) is 0 Å². The molecule has 1 aromatic rings. The lowest BCUT2D eigenvalue weighted by molar-refractivity contribution is -0.120. The van der Waals surface area contributed by atoms with Crippen molar-refractivity contribution in [3.8, 4) is 0 Å². The van der Waals surface area contributed by atoms with Crippen molar-refractivity contribution in [3.63, 3.8) is 0 Å². The summed E-state index contributed by atoms with van der Waals surface area (Å²) in [7, 11) is 1.86. The lowest BCUT2D eigenvalue weighted by atomic mass is 10.2. The normalized spacial score (nSPS) is 12.7. The topological polar surface area (TPSA) is 72.9 Å². The largest absolute Gasteiger partial charge is 0.368 e. The number of aromatic nitrogens is 2. The van der Waals surface area contributed by atoms with Crippen LogP contribution in [-0.4, -0.2) is 21.7 Å². The quantitative estimate of drug-likeness (QED) is 0.683. The van der Waals surface area contributed by atoms with Crippen molar-refractivity contribution in [2.45, 2.75) is 25.9 Å². The maximum Gasteiger partial charge on any atom is 0.234 e. The number of rotatable bonds is 5. The number of hydrogen-bond donors (Lipinski definition) is 2. The molecule has 3 N–H and O–H groups in total. The zero-order valence-corrected chi connectivity index (χ0v) is 8.53. The summed E-state index contributed by atoms with van der Waals surface area (Å²) in [6, 6.07) is 1.64. The van der Waals surface area contributed by atoms with Crippen molar-refractivity contribution in [1.29, 1.82) is 0 Å². The summed E-state index contributed by atoms with van der Waals surface area (Å²) < 4.78 is 1.72. The van der Waals surface area contributed by atoms with Crippen LogP contribution >= 0.6 is 0 Å². The van der Waals surface area contributed by atoms with E-state index in [-0.39, 0.29) is 11.9 Å². The SMILES string of the molecule is CCC(NCc1ccn(C)n1)C(N)=O. The molecular formula is C9H16N4O. The Morgan fingerprint density at radius 3 is 2.93 bits per heavy atom. The van der Waals surface area contributed by atoms with Crippen molar-refractivity contribution in [2.75, 3.05) is 0 Å². The number of hydrogen-bond acceptors (Lipinski definition) is 3. The van der Waals surface area contributed by atoms with E-state index in [0.717, 1.165) is 5.69 Å². The maximum absolute atomic E-state index is 10.9. The molecule has 78 valence electrons. The fourth-order valence-corrected chi connectivity index (χ4v) is 1.23. The zero-order valence-electron chi connectivity index (χ0n) is 8.53. The fraction of sp³-hybridized carbons (Fsp3) is 0.556. The summed E-state index contributed by atoms with van der Waals surface area (Å²) in [6.07, 6.45) is 2.56. The van der Waals surface area contributed by atoms with Crippen LogP contribution in [0.25, 0.3) is 0 Å². The summed E-state index contributed by atoms with van der Waals surface area (Å²) in [5.41, 5.74) is 6.10. The van der Waals surface area contributed by atoms with Crippen LogP contribution in [0.3, 0.4) is 0 Å².